The Balaban J connectivity index is 2.29. The minimum atomic E-state index is -0.0997. The van der Waals surface area contributed by atoms with Gasteiger partial charge in [-0.2, -0.15) is 11.8 Å². The van der Waals surface area contributed by atoms with Gasteiger partial charge in [0.1, 0.15) is 0 Å². The second-order valence-corrected chi connectivity index (χ2v) is 5.90. The summed E-state index contributed by atoms with van der Waals surface area (Å²) < 4.78 is 4.65. The molecule has 1 saturated carbocycles. The van der Waals surface area contributed by atoms with Crippen LogP contribution < -0.4 is 5.32 Å². The van der Waals surface area contributed by atoms with Crippen LogP contribution in [0.25, 0.3) is 0 Å². The molecule has 1 aliphatic rings. The first kappa shape index (κ1) is 13.8. The minimum Gasteiger partial charge on any atom is -0.469 e. The van der Waals surface area contributed by atoms with Crippen molar-refractivity contribution in [3.8, 4) is 0 Å². The Labute approximate surface area is 103 Å². The van der Waals surface area contributed by atoms with Gasteiger partial charge in [0.2, 0.25) is 0 Å². The van der Waals surface area contributed by atoms with Gasteiger partial charge in [-0.15, -0.1) is 0 Å². The van der Waals surface area contributed by atoms with Crippen molar-refractivity contribution in [2.24, 2.45) is 5.92 Å². The zero-order valence-electron chi connectivity index (χ0n) is 10.5. The number of nitrogens with one attached hydrogen (secondary N) is 1. The van der Waals surface area contributed by atoms with E-state index in [0.29, 0.717) is 17.7 Å². The molecule has 3 nitrogen and oxygen atoms in total. The third kappa shape index (κ3) is 4.34. The molecule has 0 aromatic heterocycles. The number of esters is 1. The molecule has 3 unspecified atom stereocenters. The van der Waals surface area contributed by atoms with Crippen molar-refractivity contribution in [1.82, 2.24) is 5.32 Å². The SMILES string of the molecule is CNC1CCC(C)CC1SCCC(=O)OC. The van der Waals surface area contributed by atoms with Crippen LogP contribution in [-0.2, 0) is 9.53 Å². The summed E-state index contributed by atoms with van der Waals surface area (Å²) in [6.07, 6.45) is 4.37. The largest absolute Gasteiger partial charge is 0.469 e. The van der Waals surface area contributed by atoms with Crippen molar-refractivity contribution in [2.75, 3.05) is 19.9 Å². The van der Waals surface area contributed by atoms with Gasteiger partial charge in [-0.1, -0.05) is 6.92 Å². The summed E-state index contributed by atoms with van der Waals surface area (Å²) in [4.78, 5) is 11.0. The van der Waals surface area contributed by atoms with E-state index in [4.69, 9.17) is 0 Å². The number of hydrogen-bond donors (Lipinski definition) is 1. The van der Waals surface area contributed by atoms with Crippen molar-refractivity contribution in [3.05, 3.63) is 0 Å². The number of rotatable bonds is 5. The number of ether oxygens (including phenoxy) is 1. The highest BCUT2D eigenvalue weighted by Gasteiger charge is 2.27. The molecule has 4 heteroatoms. The second kappa shape index (κ2) is 7.17. The first-order valence-electron chi connectivity index (χ1n) is 6.03. The highest BCUT2D eigenvalue weighted by Crippen LogP contribution is 2.32. The van der Waals surface area contributed by atoms with Crippen molar-refractivity contribution in [3.63, 3.8) is 0 Å². The van der Waals surface area contributed by atoms with Crippen molar-refractivity contribution in [1.29, 1.82) is 0 Å². The number of hydrogen-bond acceptors (Lipinski definition) is 4. The van der Waals surface area contributed by atoms with Gasteiger partial charge in [0.25, 0.3) is 0 Å². The predicted octanol–water partition coefficient (Wildman–Crippen LogP) is 2.06. The Hall–Kier alpha value is -0.220. The summed E-state index contributed by atoms with van der Waals surface area (Å²) in [5.41, 5.74) is 0. The van der Waals surface area contributed by atoms with E-state index in [1.807, 2.05) is 18.8 Å². The van der Waals surface area contributed by atoms with Gasteiger partial charge in [0.15, 0.2) is 0 Å². The molecule has 1 rings (SSSR count). The van der Waals surface area contributed by atoms with E-state index in [1.54, 1.807) is 0 Å². The van der Waals surface area contributed by atoms with E-state index < -0.39 is 0 Å². The zero-order chi connectivity index (χ0) is 12.0. The Kier molecular flexibility index (Phi) is 6.21. The van der Waals surface area contributed by atoms with Crippen LogP contribution in [0.2, 0.25) is 0 Å². The normalized spacial score (nSPS) is 30.1. The molecule has 0 aromatic carbocycles. The maximum absolute atomic E-state index is 11.0. The average molecular weight is 245 g/mol. The molecule has 1 aliphatic carbocycles. The van der Waals surface area contributed by atoms with E-state index in [9.17, 15) is 4.79 Å². The lowest BCUT2D eigenvalue weighted by Gasteiger charge is -2.34. The van der Waals surface area contributed by atoms with Crippen molar-refractivity contribution < 1.29 is 9.53 Å². The van der Waals surface area contributed by atoms with Gasteiger partial charge in [-0.25, -0.2) is 0 Å². The summed E-state index contributed by atoms with van der Waals surface area (Å²) >= 11 is 1.91. The topological polar surface area (TPSA) is 38.3 Å². The lowest BCUT2D eigenvalue weighted by molar-refractivity contribution is -0.140. The monoisotopic (exact) mass is 245 g/mol. The number of methoxy groups -OCH3 is 1. The molecule has 0 radical (unpaired) electrons. The first-order valence-corrected chi connectivity index (χ1v) is 7.08. The van der Waals surface area contributed by atoms with Crippen LogP contribution in [0.4, 0.5) is 0 Å². The Morgan fingerprint density at radius 1 is 1.50 bits per heavy atom. The standard InChI is InChI=1S/C12H23NO2S/c1-9-4-5-10(13-2)11(8-9)16-7-6-12(14)15-3/h9-11,13H,4-8H2,1-3H3. The van der Waals surface area contributed by atoms with Crippen LogP contribution in [0, 0.1) is 5.92 Å². The molecule has 1 N–H and O–H groups in total. The first-order chi connectivity index (χ1) is 7.67. The van der Waals surface area contributed by atoms with Gasteiger partial charge >= 0.3 is 5.97 Å². The molecule has 0 heterocycles. The molecule has 0 bridgehead atoms. The van der Waals surface area contributed by atoms with Crippen LogP contribution in [0.5, 0.6) is 0 Å². The third-order valence-electron chi connectivity index (χ3n) is 3.29. The maximum Gasteiger partial charge on any atom is 0.306 e. The quantitative estimate of drug-likeness (QED) is 0.753. The molecule has 1 fully saturated rings. The Morgan fingerprint density at radius 2 is 2.25 bits per heavy atom. The van der Waals surface area contributed by atoms with Gasteiger partial charge in [-0.05, 0) is 32.2 Å². The molecule has 0 spiro atoms. The fraction of sp³-hybridized carbons (Fsp3) is 0.917. The second-order valence-electron chi connectivity index (χ2n) is 4.55. The summed E-state index contributed by atoms with van der Waals surface area (Å²) in [5.74, 6) is 1.60. The van der Waals surface area contributed by atoms with E-state index in [1.165, 1.54) is 26.4 Å². The molecule has 0 saturated heterocycles. The molecular formula is C12H23NO2S. The van der Waals surface area contributed by atoms with E-state index >= 15 is 0 Å². The van der Waals surface area contributed by atoms with Gasteiger partial charge < -0.3 is 10.1 Å². The maximum atomic E-state index is 11.0. The van der Waals surface area contributed by atoms with Crippen LogP contribution in [0.3, 0.4) is 0 Å². The van der Waals surface area contributed by atoms with Gasteiger partial charge in [-0.3, -0.25) is 4.79 Å². The van der Waals surface area contributed by atoms with Crippen molar-refractivity contribution in [2.45, 2.75) is 43.9 Å². The van der Waals surface area contributed by atoms with E-state index in [2.05, 4.69) is 17.0 Å². The Morgan fingerprint density at radius 3 is 2.88 bits per heavy atom. The van der Waals surface area contributed by atoms with Crippen LogP contribution >= 0.6 is 11.8 Å². The molecule has 3 atom stereocenters. The van der Waals surface area contributed by atoms with E-state index in [0.717, 1.165) is 11.7 Å². The fourth-order valence-corrected chi connectivity index (χ4v) is 3.80. The molecule has 16 heavy (non-hydrogen) atoms. The minimum absolute atomic E-state index is 0.0997. The average Bonchev–Trinajstić information content (AvgIpc) is 2.29. The molecular weight excluding hydrogens is 222 g/mol. The fourth-order valence-electron chi connectivity index (χ4n) is 2.24. The zero-order valence-corrected chi connectivity index (χ0v) is 11.3. The highest BCUT2D eigenvalue weighted by atomic mass is 32.2. The number of carbonyl (C=O) groups is 1. The molecule has 0 aliphatic heterocycles. The van der Waals surface area contributed by atoms with Crippen LogP contribution in [-0.4, -0.2) is 37.2 Å². The third-order valence-corrected chi connectivity index (χ3v) is 4.68. The van der Waals surface area contributed by atoms with Crippen LogP contribution in [0.1, 0.15) is 32.6 Å². The van der Waals surface area contributed by atoms with Gasteiger partial charge in [0.05, 0.1) is 13.5 Å². The lowest BCUT2D eigenvalue weighted by Crippen LogP contribution is -2.40. The number of thioether (sulfide) groups is 1. The smallest absolute Gasteiger partial charge is 0.306 e. The highest BCUT2D eigenvalue weighted by molar-refractivity contribution is 7.99. The predicted molar refractivity (Wildman–Crippen MR) is 68.7 cm³/mol. The summed E-state index contributed by atoms with van der Waals surface area (Å²) in [7, 11) is 3.49. The number of carbonyl (C=O) groups excluding carboxylic acids is 1. The van der Waals surface area contributed by atoms with Crippen LogP contribution in [0.15, 0.2) is 0 Å². The van der Waals surface area contributed by atoms with E-state index in [-0.39, 0.29) is 5.97 Å². The van der Waals surface area contributed by atoms with Gasteiger partial charge in [0, 0.05) is 17.0 Å². The summed E-state index contributed by atoms with van der Waals surface area (Å²) in [6, 6.07) is 0.610. The van der Waals surface area contributed by atoms with Crippen molar-refractivity contribution >= 4 is 17.7 Å². The molecule has 0 amide bonds. The summed E-state index contributed by atoms with van der Waals surface area (Å²) in [5, 5.41) is 4.04. The lowest BCUT2D eigenvalue weighted by atomic mass is 9.87. The summed E-state index contributed by atoms with van der Waals surface area (Å²) in [6.45, 7) is 2.32. The Bertz CT molecular complexity index is 223. The molecule has 94 valence electrons. The molecule has 0 aromatic rings.